The highest BCUT2D eigenvalue weighted by atomic mass is 35.5. The van der Waals surface area contributed by atoms with Gasteiger partial charge in [-0.15, -0.1) is 23.2 Å². The van der Waals surface area contributed by atoms with Crippen molar-refractivity contribution in [3.8, 4) is 6.07 Å². The predicted molar refractivity (Wildman–Crippen MR) is 58.0 cm³/mol. The molecule has 0 unspecified atom stereocenters. The van der Waals surface area contributed by atoms with Crippen molar-refractivity contribution in [2.24, 2.45) is 0 Å². The van der Waals surface area contributed by atoms with E-state index in [1.54, 1.807) is 0 Å². The number of alkyl halides is 2. The summed E-state index contributed by atoms with van der Waals surface area (Å²) in [5.74, 6) is 0. The van der Waals surface area contributed by atoms with Crippen LogP contribution in [0.2, 0.25) is 0 Å². The quantitative estimate of drug-likeness (QED) is 0.440. The van der Waals surface area contributed by atoms with E-state index in [0.29, 0.717) is 6.42 Å². The average molecular weight is 222 g/mol. The zero-order valence-corrected chi connectivity index (χ0v) is 9.45. The molecule has 0 saturated heterocycles. The van der Waals surface area contributed by atoms with Crippen LogP contribution in [0.5, 0.6) is 0 Å². The summed E-state index contributed by atoms with van der Waals surface area (Å²) < 4.78 is 0. The highest BCUT2D eigenvalue weighted by Crippen LogP contribution is 2.14. The van der Waals surface area contributed by atoms with Gasteiger partial charge >= 0.3 is 0 Å². The molecule has 0 spiro atoms. The summed E-state index contributed by atoms with van der Waals surface area (Å²) in [5, 5.41) is 8.29. The second-order valence-corrected chi connectivity index (χ2v) is 4.49. The normalized spacial score (nSPS) is 10.3. The van der Waals surface area contributed by atoms with Crippen LogP contribution in [-0.2, 0) is 0 Å². The Kier molecular flexibility index (Phi) is 10.2. The Morgan fingerprint density at radius 2 is 1.46 bits per heavy atom. The molecule has 0 aromatic carbocycles. The molecule has 0 saturated carbocycles. The van der Waals surface area contributed by atoms with Crippen molar-refractivity contribution in [2.75, 3.05) is 0 Å². The van der Waals surface area contributed by atoms with Gasteiger partial charge < -0.3 is 0 Å². The first-order chi connectivity index (χ1) is 6.27. The van der Waals surface area contributed by atoms with E-state index >= 15 is 0 Å². The van der Waals surface area contributed by atoms with E-state index in [2.05, 4.69) is 6.07 Å². The van der Waals surface area contributed by atoms with E-state index in [4.69, 9.17) is 28.5 Å². The summed E-state index contributed by atoms with van der Waals surface area (Å²) in [7, 11) is 0. The number of nitrogens with zero attached hydrogens (tertiary/aromatic N) is 1. The van der Waals surface area contributed by atoms with Crippen LogP contribution in [0.3, 0.4) is 0 Å². The van der Waals surface area contributed by atoms with Crippen LogP contribution in [0, 0.1) is 11.3 Å². The molecule has 0 heterocycles. The molecule has 0 rings (SSSR count). The molecule has 0 aliphatic carbocycles. The predicted octanol–water partition coefficient (Wildman–Crippen LogP) is 4.43. The summed E-state index contributed by atoms with van der Waals surface area (Å²) >= 11 is 11.2. The fourth-order valence-corrected chi connectivity index (χ4v) is 1.52. The maximum atomic E-state index is 8.29. The molecule has 13 heavy (non-hydrogen) atoms. The van der Waals surface area contributed by atoms with E-state index in [9.17, 15) is 0 Å². The third-order valence-electron chi connectivity index (χ3n) is 1.96. The smallest absolute Gasteiger partial charge is 0.107 e. The van der Waals surface area contributed by atoms with E-state index in [1.807, 2.05) is 0 Å². The van der Waals surface area contributed by atoms with Crippen LogP contribution >= 0.6 is 23.2 Å². The lowest BCUT2D eigenvalue weighted by Crippen LogP contribution is -1.86. The van der Waals surface area contributed by atoms with Crippen LogP contribution in [-0.4, -0.2) is 4.84 Å². The third kappa shape index (κ3) is 12.1. The summed E-state index contributed by atoms with van der Waals surface area (Å²) in [6, 6.07) is 2.15. The highest BCUT2D eigenvalue weighted by Gasteiger charge is 1.97. The average Bonchev–Trinajstić information content (AvgIpc) is 2.09. The van der Waals surface area contributed by atoms with Crippen LogP contribution in [0.25, 0.3) is 0 Å². The first kappa shape index (κ1) is 13.1. The number of rotatable bonds is 8. The summed E-state index contributed by atoms with van der Waals surface area (Å²) in [4.78, 5) is -0.196. The van der Waals surface area contributed by atoms with Gasteiger partial charge in [-0.1, -0.05) is 32.1 Å². The third-order valence-corrected chi connectivity index (χ3v) is 2.40. The van der Waals surface area contributed by atoms with Crippen molar-refractivity contribution >= 4 is 23.2 Å². The standard InChI is InChI=1S/C10H17Cl2N/c11-10(12)8-6-4-2-1-3-5-7-9-13/h10H,1-8H2. The first-order valence-corrected chi connectivity index (χ1v) is 5.79. The van der Waals surface area contributed by atoms with Gasteiger partial charge in [0, 0.05) is 6.42 Å². The van der Waals surface area contributed by atoms with Crippen LogP contribution in [0.15, 0.2) is 0 Å². The molecule has 0 amide bonds. The summed E-state index contributed by atoms with van der Waals surface area (Å²) in [5.41, 5.74) is 0. The molecular formula is C10H17Cl2N. The van der Waals surface area contributed by atoms with Gasteiger partial charge in [0.1, 0.15) is 4.84 Å². The van der Waals surface area contributed by atoms with Gasteiger partial charge in [-0.25, -0.2) is 0 Å². The number of unbranched alkanes of at least 4 members (excludes halogenated alkanes) is 6. The van der Waals surface area contributed by atoms with Crippen molar-refractivity contribution in [1.29, 1.82) is 5.26 Å². The Balaban J connectivity index is 2.88. The number of halogens is 2. The van der Waals surface area contributed by atoms with Gasteiger partial charge in [0.05, 0.1) is 6.07 Å². The Morgan fingerprint density at radius 1 is 0.923 bits per heavy atom. The first-order valence-electron chi connectivity index (χ1n) is 4.92. The number of nitriles is 1. The van der Waals surface area contributed by atoms with Gasteiger partial charge in [-0.2, -0.15) is 5.26 Å². The van der Waals surface area contributed by atoms with Crippen molar-refractivity contribution in [3.05, 3.63) is 0 Å². The van der Waals surface area contributed by atoms with Gasteiger partial charge in [0.15, 0.2) is 0 Å². The number of hydrogen-bond acceptors (Lipinski definition) is 1. The molecule has 0 aliphatic rings. The lowest BCUT2D eigenvalue weighted by Gasteiger charge is -2.01. The van der Waals surface area contributed by atoms with Crippen molar-refractivity contribution < 1.29 is 0 Å². The Labute approximate surface area is 91.0 Å². The molecule has 0 N–H and O–H groups in total. The minimum Gasteiger partial charge on any atom is -0.198 e. The Morgan fingerprint density at radius 3 is 2.00 bits per heavy atom. The molecule has 0 aromatic heterocycles. The second-order valence-electron chi connectivity index (χ2n) is 3.21. The van der Waals surface area contributed by atoms with Crippen LogP contribution in [0.1, 0.15) is 51.4 Å². The fraction of sp³-hybridized carbons (Fsp3) is 0.900. The largest absolute Gasteiger partial charge is 0.198 e. The van der Waals surface area contributed by atoms with Gasteiger partial charge in [-0.3, -0.25) is 0 Å². The molecule has 0 aliphatic heterocycles. The van der Waals surface area contributed by atoms with E-state index in [1.165, 1.54) is 25.7 Å². The van der Waals surface area contributed by atoms with Crippen molar-refractivity contribution in [1.82, 2.24) is 0 Å². The van der Waals surface area contributed by atoms with Gasteiger partial charge in [-0.05, 0) is 12.8 Å². The fourth-order valence-electron chi connectivity index (χ4n) is 1.21. The lowest BCUT2D eigenvalue weighted by molar-refractivity contribution is 0.590. The Bertz CT molecular complexity index is 140. The zero-order valence-electron chi connectivity index (χ0n) is 7.94. The maximum absolute atomic E-state index is 8.29. The minimum atomic E-state index is -0.196. The molecule has 0 bridgehead atoms. The van der Waals surface area contributed by atoms with Crippen molar-refractivity contribution in [3.63, 3.8) is 0 Å². The molecular weight excluding hydrogens is 205 g/mol. The highest BCUT2D eigenvalue weighted by molar-refractivity contribution is 6.44. The number of hydrogen-bond donors (Lipinski definition) is 0. The summed E-state index contributed by atoms with van der Waals surface area (Å²) in [6.45, 7) is 0. The minimum absolute atomic E-state index is 0.196. The van der Waals surface area contributed by atoms with Crippen LogP contribution in [0.4, 0.5) is 0 Å². The molecule has 0 aromatic rings. The van der Waals surface area contributed by atoms with Gasteiger partial charge in [0.2, 0.25) is 0 Å². The molecule has 76 valence electrons. The second kappa shape index (κ2) is 10.2. The van der Waals surface area contributed by atoms with E-state index in [-0.39, 0.29) is 4.84 Å². The molecule has 0 radical (unpaired) electrons. The topological polar surface area (TPSA) is 23.8 Å². The maximum Gasteiger partial charge on any atom is 0.107 e. The lowest BCUT2D eigenvalue weighted by atomic mass is 10.1. The summed E-state index contributed by atoms with van der Waals surface area (Å²) in [6.07, 6.45) is 8.64. The van der Waals surface area contributed by atoms with Crippen LogP contribution < -0.4 is 0 Å². The molecule has 0 fully saturated rings. The molecule has 3 heteroatoms. The van der Waals surface area contributed by atoms with E-state index in [0.717, 1.165) is 19.3 Å². The van der Waals surface area contributed by atoms with E-state index < -0.39 is 0 Å². The SMILES string of the molecule is N#CCCCCCCCCC(Cl)Cl. The van der Waals surface area contributed by atoms with Crippen molar-refractivity contribution in [2.45, 2.75) is 56.2 Å². The molecule has 1 nitrogen and oxygen atoms in total. The Hall–Kier alpha value is 0.0700. The van der Waals surface area contributed by atoms with Gasteiger partial charge in [0.25, 0.3) is 0 Å². The molecule has 0 atom stereocenters. The zero-order chi connectivity index (χ0) is 9.94. The monoisotopic (exact) mass is 221 g/mol.